The van der Waals surface area contributed by atoms with Gasteiger partial charge in [0.2, 0.25) is 0 Å². The Morgan fingerprint density at radius 3 is 2.54 bits per heavy atom. The maximum atomic E-state index is 9.31. The second-order valence-electron chi connectivity index (χ2n) is 12.0. The summed E-state index contributed by atoms with van der Waals surface area (Å²) in [5.74, 6) is 5.86. The van der Waals surface area contributed by atoms with Gasteiger partial charge in [-0.3, -0.25) is 0 Å². The second-order valence-corrected chi connectivity index (χ2v) is 12.0. The molecule has 0 bridgehead atoms. The van der Waals surface area contributed by atoms with Crippen molar-refractivity contribution in [3.63, 3.8) is 0 Å². The number of fused-ring (bicyclic) bond motifs is 5. The molecule has 1 N–H and O–H groups in total. The highest BCUT2D eigenvalue weighted by Gasteiger charge is 2.58. The van der Waals surface area contributed by atoms with Crippen LogP contribution >= 0.6 is 0 Å². The van der Waals surface area contributed by atoms with E-state index in [1.165, 1.54) is 70.6 Å². The van der Waals surface area contributed by atoms with Gasteiger partial charge in [-0.05, 0) is 97.2 Å². The van der Waals surface area contributed by atoms with Crippen molar-refractivity contribution in [2.24, 2.45) is 52.3 Å². The fourth-order valence-electron chi connectivity index (χ4n) is 8.68. The number of rotatable bonds is 6. The van der Waals surface area contributed by atoms with Gasteiger partial charge in [0.25, 0.3) is 0 Å². The molecule has 9 atom stereocenters. The fraction of sp³-hybridized carbons (Fsp3) is 0.926. The lowest BCUT2D eigenvalue weighted by atomic mass is 9.44. The molecule has 1 nitrogen and oxygen atoms in total. The lowest BCUT2D eigenvalue weighted by Crippen LogP contribution is -2.53. The van der Waals surface area contributed by atoms with Gasteiger partial charge in [0.05, 0.1) is 0 Å². The van der Waals surface area contributed by atoms with Crippen LogP contribution in [0.15, 0.2) is 12.2 Å². The van der Waals surface area contributed by atoms with Crippen LogP contribution in [-0.4, -0.2) is 11.7 Å². The maximum absolute atomic E-state index is 9.31. The normalized spacial score (nSPS) is 47.1. The fourth-order valence-corrected chi connectivity index (χ4v) is 8.68. The summed E-state index contributed by atoms with van der Waals surface area (Å²) in [6.45, 7) is 10.4. The van der Waals surface area contributed by atoms with Crippen LogP contribution < -0.4 is 0 Å². The lowest BCUT2D eigenvalue weighted by molar-refractivity contribution is -0.107. The molecule has 0 heterocycles. The van der Waals surface area contributed by atoms with Crippen LogP contribution in [0.4, 0.5) is 0 Å². The molecule has 0 aromatic rings. The van der Waals surface area contributed by atoms with Gasteiger partial charge >= 0.3 is 0 Å². The van der Waals surface area contributed by atoms with Crippen molar-refractivity contribution in [2.75, 3.05) is 6.61 Å². The van der Waals surface area contributed by atoms with E-state index in [-0.39, 0.29) is 0 Å². The van der Waals surface area contributed by atoms with E-state index in [1.807, 2.05) is 0 Å². The first-order valence-electron chi connectivity index (χ1n) is 12.7. The highest BCUT2D eigenvalue weighted by atomic mass is 16.3. The highest BCUT2D eigenvalue weighted by Crippen LogP contribution is 2.66. The molecule has 160 valence electrons. The Labute approximate surface area is 174 Å². The Bertz CT molecular complexity index is 567. The Morgan fingerprint density at radius 1 is 0.929 bits per heavy atom. The third-order valence-electron chi connectivity index (χ3n) is 10.4. The summed E-state index contributed by atoms with van der Waals surface area (Å²) in [5.41, 5.74) is 1.17. The molecule has 0 amide bonds. The molecule has 0 aromatic carbocycles. The number of allylic oxidation sites excluding steroid dienone is 2. The molecule has 1 heteroatoms. The molecule has 0 spiro atoms. The third kappa shape index (κ3) is 3.42. The van der Waals surface area contributed by atoms with Gasteiger partial charge in [-0.25, -0.2) is 0 Å². The molecular weight excluding hydrogens is 340 g/mol. The van der Waals surface area contributed by atoms with Gasteiger partial charge in [0, 0.05) is 6.61 Å². The van der Waals surface area contributed by atoms with Gasteiger partial charge in [-0.15, -0.1) is 0 Å². The highest BCUT2D eigenvalue weighted by molar-refractivity contribution is 5.19. The van der Waals surface area contributed by atoms with E-state index in [2.05, 4.69) is 39.8 Å². The smallest absolute Gasteiger partial charge is 0.0456 e. The maximum Gasteiger partial charge on any atom is 0.0456 e. The molecule has 0 aromatic heterocycles. The zero-order chi connectivity index (χ0) is 19.9. The summed E-state index contributed by atoms with van der Waals surface area (Å²) in [4.78, 5) is 0. The molecule has 4 aliphatic rings. The number of hydrogen-bond acceptors (Lipinski definition) is 1. The van der Waals surface area contributed by atoms with Crippen LogP contribution in [0.1, 0.15) is 98.3 Å². The summed E-state index contributed by atoms with van der Waals surface area (Å²) in [7, 11) is 0. The van der Waals surface area contributed by atoms with E-state index < -0.39 is 0 Å². The predicted molar refractivity (Wildman–Crippen MR) is 119 cm³/mol. The van der Waals surface area contributed by atoms with Crippen molar-refractivity contribution >= 4 is 0 Å². The molecule has 0 radical (unpaired) electrons. The number of aliphatic hydroxyl groups excluding tert-OH is 1. The first kappa shape index (κ1) is 21.0. The third-order valence-corrected chi connectivity index (χ3v) is 10.4. The topological polar surface area (TPSA) is 20.2 Å². The Kier molecular flexibility index (Phi) is 6.05. The van der Waals surface area contributed by atoms with Crippen molar-refractivity contribution in [1.82, 2.24) is 0 Å². The lowest BCUT2D eigenvalue weighted by Gasteiger charge is -2.60. The molecular formula is C27H46O. The molecule has 2 unspecified atom stereocenters. The van der Waals surface area contributed by atoms with E-state index in [4.69, 9.17) is 0 Å². The first-order valence-corrected chi connectivity index (χ1v) is 12.7. The van der Waals surface area contributed by atoms with E-state index in [9.17, 15) is 5.11 Å². The minimum Gasteiger partial charge on any atom is -0.396 e. The summed E-state index contributed by atoms with van der Waals surface area (Å²) >= 11 is 0. The van der Waals surface area contributed by atoms with Gasteiger partial charge in [-0.1, -0.05) is 65.5 Å². The van der Waals surface area contributed by atoms with Gasteiger partial charge in [0.1, 0.15) is 0 Å². The van der Waals surface area contributed by atoms with Crippen LogP contribution in [0.3, 0.4) is 0 Å². The van der Waals surface area contributed by atoms with Crippen LogP contribution in [0.2, 0.25) is 0 Å². The zero-order valence-electron chi connectivity index (χ0n) is 19.1. The molecule has 28 heavy (non-hydrogen) atoms. The Morgan fingerprint density at radius 2 is 1.75 bits per heavy atom. The van der Waals surface area contributed by atoms with Crippen LogP contribution in [-0.2, 0) is 0 Å². The van der Waals surface area contributed by atoms with Gasteiger partial charge in [-0.2, -0.15) is 0 Å². The number of hydrogen-bond donors (Lipinski definition) is 1. The van der Waals surface area contributed by atoms with E-state index in [0.717, 1.165) is 35.5 Å². The second kappa shape index (κ2) is 8.09. The largest absolute Gasteiger partial charge is 0.396 e. The van der Waals surface area contributed by atoms with Crippen molar-refractivity contribution in [3.8, 4) is 0 Å². The molecule has 4 rings (SSSR count). The molecule has 3 saturated carbocycles. The summed E-state index contributed by atoms with van der Waals surface area (Å²) in [6.07, 6.45) is 21.1. The standard InChI is InChI=1S/C27H46O/c1-19(18-28)8-7-9-20(2)23-13-14-24-22-12-11-21-10-5-6-16-26(21,3)25(22)15-17-27(23,24)4/h13-14,19-25,28H,5-12,15-18H2,1-4H3/t19?,20-,21?,22+,23-,24+,25+,26+,27-/m1/s1. The summed E-state index contributed by atoms with van der Waals surface area (Å²) in [6, 6.07) is 0. The average molecular weight is 387 g/mol. The van der Waals surface area contributed by atoms with Crippen molar-refractivity contribution in [2.45, 2.75) is 98.3 Å². The van der Waals surface area contributed by atoms with Crippen LogP contribution in [0, 0.1) is 52.3 Å². The molecule has 3 fully saturated rings. The Balaban J connectivity index is 1.44. The quantitative estimate of drug-likeness (QED) is 0.477. The van der Waals surface area contributed by atoms with Crippen molar-refractivity contribution < 1.29 is 5.11 Å². The average Bonchev–Trinajstić information content (AvgIpc) is 3.04. The molecule has 4 aliphatic carbocycles. The number of aliphatic hydroxyl groups is 1. The monoisotopic (exact) mass is 386 g/mol. The SMILES string of the molecule is CC(CO)CCC[C@@H](C)[C@H]1C=C[C@H]2[C@@H]3CCC4CCCC[C@]4(C)[C@H]3CC[C@]12C. The predicted octanol–water partition coefficient (Wildman–Crippen LogP) is 7.25. The van der Waals surface area contributed by atoms with Gasteiger partial charge < -0.3 is 5.11 Å². The minimum absolute atomic E-state index is 0.348. The first-order chi connectivity index (χ1) is 13.4. The zero-order valence-corrected chi connectivity index (χ0v) is 19.1. The van der Waals surface area contributed by atoms with E-state index >= 15 is 0 Å². The van der Waals surface area contributed by atoms with E-state index in [0.29, 0.717) is 23.4 Å². The summed E-state index contributed by atoms with van der Waals surface area (Å²) < 4.78 is 0. The molecule has 0 aliphatic heterocycles. The van der Waals surface area contributed by atoms with Crippen molar-refractivity contribution in [1.29, 1.82) is 0 Å². The summed E-state index contributed by atoms with van der Waals surface area (Å²) in [5, 5.41) is 9.31. The van der Waals surface area contributed by atoms with Crippen LogP contribution in [0.25, 0.3) is 0 Å². The minimum atomic E-state index is 0.348. The Hall–Kier alpha value is -0.300. The van der Waals surface area contributed by atoms with Gasteiger partial charge in [0.15, 0.2) is 0 Å². The van der Waals surface area contributed by atoms with Crippen molar-refractivity contribution in [3.05, 3.63) is 12.2 Å². The molecule has 0 saturated heterocycles. The van der Waals surface area contributed by atoms with Crippen LogP contribution in [0.5, 0.6) is 0 Å². The van der Waals surface area contributed by atoms with E-state index in [1.54, 1.807) is 0 Å².